The predicted octanol–water partition coefficient (Wildman–Crippen LogP) is 3.72. The van der Waals surface area contributed by atoms with E-state index >= 15 is 0 Å². The minimum absolute atomic E-state index is 0.0413. The van der Waals surface area contributed by atoms with Gasteiger partial charge in [-0.3, -0.25) is 4.79 Å². The van der Waals surface area contributed by atoms with E-state index < -0.39 is 12.0 Å². The van der Waals surface area contributed by atoms with Crippen molar-refractivity contribution in [1.29, 1.82) is 0 Å². The van der Waals surface area contributed by atoms with Crippen molar-refractivity contribution in [2.24, 2.45) is 5.92 Å². The molecule has 0 fully saturated rings. The van der Waals surface area contributed by atoms with Crippen LogP contribution in [0.4, 0.5) is 4.79 Å². The van der Waals surface area contributed by atoms with Crippen LogP contribution >= 0.6 is 0 Å². The molecule has 2 amide bonds. The quantitative estimate of drug-likeness (QED) is 0.737. The Bertz CT molecular complexity index is 591. The van der Waals surface area contributed by atoms with Crippen LogP contribution in [0, 0.1) is 5.92 Å². The third kappa shape index (κ3) is 7.76. The summed E-state index contributed by atoms with van der Waals surface area (Å²) in [5.41, 5.74) is 0.458. The van der Waals surface area contributed by atoms with E-state index in [1.807, 2.05) is 45.0 Å². The highest BCUT2D eigenvalue weighted by Crippen LogP contribution is 2.24. The number of carboxylic acid groups (broad SMARTS) is 1. The van der Waals surface area contributed by atoms with Gasteiger partial charge in [0.05, 0.1) is 5.92 Å². The Balaban J connectivity index is 2.94. The largest absolute Gasteiger partial charge is 0.488 e. The van der Waals surface area contributed by atoms with Gasteiger partial charge in [-0.05, 0) is 50.8 Å². The number of nitrogens with one attached hydrogen (secondary N) is 1. The second-order valence-electron chi connectivity index (χ2n) is 7.96. The summed E-state index contributed by atoms with van der Waals surface area (Å²) in [6.07, 6.45) is -0.236. The fourth-order valence-corrected chi connectivity index (χ4v) is 2.49. The highest BCUT2D eigenvalue weighted by atomic mass is 16.5. The molecule has 1 rings (SSSR count). The average Bonchev–Trinajstić information content (AvgIpc) is 2.52. The Morgan fingerprint density at radius 3 is 2.23 bits per heavy atom. The second kappa shape index (κ2) is 9.46. The van der Waals surface area contributed by atoms with E-state index in [0.717, 1.165) is 12.0 Å². The number of benzene rings is 1. The average molecular weight is 364 g/mol. The van der Waals surface area contributed by atoms with Crippen LogP contribution in [0.2, 0.25) is 0 Å². The zero-order valence-corrected chi connectivity index (χ0v) is 16.7. The van der Waals surface area contributed by atoms with E-state index in [1.165, 1.54) is 0 Å². The number of hydrogen-bond acceptors (Lipinski definition) is 3. The normalized spacial score (nSPS) is 12.6. The molecule has 1 aromatic rings. The maximum atomic E-state index is 12.8. The first kappa shape index (κ1) is 21.8. The fourth-order valence-electron chi connectivity index (χ4n) is 2.49. The monoisotopic (exact) mass is 364 g/mol. The van der Waals surface area contributed by atoms with Crippen molar-refractivity contribution in [3.63, 3.8) is 0 Å². The SMILES string of the molecule is CC(C)CCN(C)C(=O)[C@@H](CNC(=O)O)c1ccc(OC(C)(C)C)cc1. The number of carbonyl (C=O) groups is 2. The number of carbonyl (C=O) groups excluding carboxylic acids is 1. The van der Waals surface area contributed by atoms with Gasteiger partial charge in [0.25, 0.3) is 0 Å². The summed E-state index contributed by atoms with van der Waals surface area (Å²) in [5, 5.41) is 11.3. The van der Waals surface area contributed by atoms with E-state index in [1.54, 1.807) is 11.9 Å². The molecular formula is C20H32N2O4. The summed E-state index contributed by atoms with van der Waals surface area (Å²) in [6.45, 7) is 10.8. The lowest BCUT2D eigenvalue weighted by Gasteiger charge is -2.25. The summed E-state index contributed by atoms with van der Waals surface area (Å²) in [5.74, 6) is 0.553. The molecule has 0 bridgehead atoms. The maximum absolute atomic E-state index is 12.8. The first-order valence-corrected chi connectivity index (χ1v) is 9.00. The molecule has 6 heteroatoms. The number of ether oxygens (including phenoxy) is 1. The Labute approximate surface area is 156 Å². The third-order valence-corrected chi connectivity index (χ3v) is 3.88. The molecule has 2 N–H and O–H groups in total. The van der Waals surface area contributed by atoms with E-state index in [0.29, 0.717) is 18.2 Å². The molecule has 0 spiro atoms. The maximum Gasteiger partial charge on any atom is 0.404 e. The van der Waals surface area contributed by atoms with E-state index in [-0.39, 0.29) is 18.1 Å². The van der Waals surface area contributed by atoms with Crippen molar-refractivity contribution in [3.8, 4) is 5.75 Å². The Kier molecular flexibility index (Phi) is 7.93. The standard InChI is InChI=1S/C20H32N2O4/c1-14(2)11-12-22(6)18(23)17(13-21-19(24)25)15-7-9-16(10-8-15)26-20(3,4)5/h7-10,14,17,21H,11-13H2,1-6H3,(H,24,25)/t17-/m0/s1. The zero-order chi connectivity index (χ0) is 19.9. The molecule has 0 saturated heterocycles. The summed E-state index contributed by atoms with van der Waals surface area (Å²) in [6, 6.07) is 7.28. The van der Waals surface area contributed by atoms with Gasteiger partial charge in [-0.1, -0.05) is 26.0 Å². The Morgan fingerprint density at radius 1 is 1.19 bits per heavy atom. The highest BCUT2D eigenvalue weighted by Gasteiger charge is 2.25. The fraction of sp³-hybridized carbons (Fsp3) is 0.600. The molecule has 0 unspecified atom stereocenters. The zero-order valence-electron chi connectivity index (χ0n) is 16.7. The number of hydrogen-bond donors (Lipinski definition) is 2. The van der Waals surface area contributed by atoms with E-state index in [9.17, 15) is 9.59 Å². The second-order valence-corrected chi connectivity index (χ2v) is 7.96. The molecule has 6 nitrogen and oxygen atoms in total. The van der Waals surface area contributed by atoms with Gasteiger partial charge in [0, 0.05) is 20.1 Å². The number of amides is 2. The van der Waals surface area contributed by atoms with Crippen LogP contribution < -0.4 is 10.1 Å². The molecule has 0 saturated carbocycles. The van der Waals surface area contributed by atoms with Gasteiger partial charge in [-0.2, -0.15) is 0 Å². The lowest BCUT2D eigenvalue weighted by Crippen LogP contribution is -2.38. The van der Waals surface area contributed by atoms with E-state index in [4.69, 9.17) is 9.84 Å². The van der Waals surface area contributed by atoms with Gasteiger partial charge in [0.2, 0.25) is 5.91 Å². The molecule has 0 aliphatic carbocycles. The Hall–Kier alpha value is -2.24. The van der Waals surface area contributed by atoms with Crippen molar-refractivity contribution in [1.82, 2.24) is 10.2 Å². The van der Waals surface area contributed by atoms with Gasteiger partial charge < -0.3 is 20.1 Å². The smallest absolute Gasteiger partial charge is 0.404 e. The van der Waals surface area contributed by atoms with Crippen molar-refractivity contribution in [2.75, 3.05) is 20.1 Å². The predicted molar refractivity (Wildman–Crippen MR) is 103 cm³/mol. The molecule has 26 heavy (non-hydrogen) atoms. The molecule has 0 radical (unpaired) electrons. The summed E-state index contributed by atoms with van der Waals surface area (Å²) in [7, 11) is 1.76. The van der Waals surface area contributed by atoms with Crippen LogP contribution in [0.3, 0.4) is 0 Å². The van der Waals surface area contributed by atoms with E-state index in [2.05, 4.69) is 19.2 Å². The number of likely N-dealkylation sites (N-methyl/N-ethyl adjacent to an activating group) is 1. The van der Waals surface area contributed by atoms with Crippen LogP contribution in [0.25, 0.3) is 0 Å². The summed E-state index contributed by atoms with van der Waals surface area (Å²) in [4.78, 5) is 25.4. The number of nitrogens with zero attached hydrogens (tertiary/aromatic N) is 1. The molecule has 1 atom stereocenters. The third-order valence-electron chi connectivity index (χ3n) is 3.88. The van der Waals surface area contributed by atoms with Gasteiger partial charge >= 0.3 is 6.09 Å². The summed E-state index contributed by atoms with van der Waals surface area (Å²) < 4.78 is 5.80. The first-order valence-electron chi connectivity index (χ1n) is 9.00. The minimum atomic E-state index is -1.14. The molecule has 1 aromatic carbocycles. The Morgan fingerprint density at radius 2 is 1.77 bits per heavy atom. The molecule has 146 valence electrons. The van der Waals surface area contributed by atoms with Crippen LogP contribution in [-0.4, -0.2) is 47.7 Å². The molecule has 0 aliphatic rings. The van der Waals surface area contributed by atoms with Crippen LogP contribution in [0.15, 0.2) is 24.3 Å². The molecule has 0 heterocycles. The van der Waals surface area contributed by atoms with Gasteiger partial charge in [-0.15, -0.1) is 0 Å². The topological polar surface area (TPSA) is 78.9 Å². The first-order chi connectivity index (χ1) is 12.0. The number of rotatable bonds is 8. The van der Waals surface area contributed by atoms with Crippen molar-refractivity contribution in [2.45, 2.75) is 52.6 Å². The lowest BCUT2D eigenvalue weighted by molar-refractivity contribution is -0.131. The molecule has 0 aliphatic heterocycles. The highest BCUT2D eigenvalue weighted by molar-refractivity contribution is 5.84. The van der Waals surface area contributed by atoms with Gasteiger partial charge in [-0.25, -0.2) is 4.79 Å². The molecular weight excluding hydrogens is 332 g/mol. The van der Waals surface area contributed by atoms with Crippen molar-refractivity contribution >= 4 is 12.0 Å². The minimum Gasteiger partial charge on any atom is -0.488 e. The van der Waals surface area contributed by atoms with Crippen LogP contribution in [0.5, 0.6) is 5.75 Å². The van der Waals surface area contributed by atoms with Crippen molar-refractivity contribution < 1.29 is 19.4 Å². The van der Waals surface area contributed by atoms with Crippen molar-refractivity contribution in [3.05, 3.63) is 29.8 Å². The van der Waals surface area contributed by atoms with Gasteiger partial charge in [0.15, 0.2) is 0 Å². The van der Waals surface area contributed by atoms with Crippen LogP contribution in [0.1, 0.15) is 52.5 Å². The molecule has 0 aromatic heterocycles. The summed E-state index contributed by atoms with van der Waals surface area (Å²) >= 11 is 0. The van der Waals surface area contributed by atoms with Crippen LogP contribution in [-0.2, 0) is 4.79 Å². The lowest BCUT2D eigenvalue weighted by atomic mass is 9.97. The van der Waals surface area contributed by atoms with Gasteiger partial charge in [0.1, 0.15) is 11.4 Å².